The molecule has 0 bridgehead atoms. The van der Waals surface area contributed by atoms with E-state index in [1.165, 1.54) is 0 Å². The molecule has 0 fully saturated rings. The van der Waals surface area contributed by atoms with Crippen LogP contribution in [0.15, 0.2) is 0 Å². The van der Waals surface area contributed by atoms with E-state index in [9.17, 15) is 9.59 Å². The fourth-order valence-corrected chi connectivity index (χ4v) is 2.17. The monoisotopic (exact) mass is 276 g/mol. The summed E-state index contributed by atoms with van der Waals surface area (Å²) in [5.74, 6) is 0.374. The van der Waals surface area contributed by atoms with Gasteiger partial charge in [-0.1, -0.05) is 26.7 Å². The summed E-state index contributed by atoms with van der Waals surface area (Å²) in [6, 6.07) is -1.19. The molecule has 106 valence electrons. The lowest BCUT2D eigenvalue weighted by molar-refractivity contribution is -0.139. The van der Waals surface area contributed by atoms with Crippen molar-refractivity contribution in [2.75, 3.05) is 18.6 Å². The molecule has 0 saturated heterocycles. The number of carbonyl (C=O) groups excluding carboxylic acids is 1. The van der Waals surface area contributed by atoms with Gasteiger partial charge in [0.25, 0.3) is 0 Å². The van der Waals surface area contributed by atoms with Gasteiger partial charge in [-0.2, -0.15) is 11.8 Å². The van der Waals surface area contributed by atoms with E-state index < -0.39 is 18.0 Å². The molecule has 2 unspecified atom stereocenters. The van der Waals surface area contributed by atoms with Gasteiger partial charge in [0.15, 0.2) is 0 Å². The number of amides is 2. The second-order valence-electron chi connectivity index (χ2n) is 4.45. The van der Waals surface area contributed by atoms with E-state index in [0.29, 0.717) is 18.9 Å². The van der Waals surface area contributed by atoms with E-state index in [2.05, 4.69) is 10.6 Å². The van der Waals surface area contributed by atoms with Crippen LogP contribution in [0.2, 0.25) is 0 Å². The maximum atomic E-state index is 11.5. The normalized spacial score (nSPS) is 13.7. The minimum atomic E-state index is -0.976. The number of urea groups is 1. The van der Waals surface area contributed by atoms with Crippen LogP contribution in [0.5, 0.6) is 0 Å². The lowest BCUT2D eigenvalue weighted by Crippen LogP contribution is -2.47. The first-order chi connectivity index (χ1) is 8.51. The van der Waals surface area contributed by atoms with Crippen LogP contribution < -0.4 is 10.6 Å². The molecule has 2 atom stereocenters. The molecule has 0 saturated carbocycles. The third-order valence-corrected chi connectivity index (χ3v) is 3.41. The number of carboxylic acids is 1. The largest absolute Gasteiger partial charge is 0.480 e. The third-order valence-electron chi connectivity index (χ3n) is 2.51. The quantitative estimate of drug-likeness (QED) is 0.601. The topological polar surface area (TPSA) is 78.4 Å². The Kier molecular flexibility index (Phi) is 9.55. The van der Waals surface area contributed by atoms with E-state index in [4.69, 9.17) is 5.11 Å². The highest BCUT2D eigenvalue weighted by Crippen LogP contribution is 2.03. The van der Waals surface area contributed by atoms with E-state index in [-0.39, 0.29) is 0 Å². The van der Waals surface area contributed by atoms with Crippen LogP contribution in [0.25, 0.3) is 0 Å². The maximum Gasteiger partial charge on any atom is 0.326 e. The Morgan fingerprint density at radius 3 is 2.56 bits per heavy atom. The van der Waals surface area contributed by atoms with Crippen molar-refractivity contribution in [2.24, 2.45) is 5.92 Å². The van der Waals surface area contributed by atoms with Crippen LogP contribution in [0.3, 0.4) is 0 Å². The summed E-state index contributed by atoms with van der Waals surface area (Å²) in [6.45, 7) is 4.60. The van der Waals surface area contributed by atoms with Gasteiger partial charge in [-0.25, -0.2) is 9.59 Å². The Balaban J connectivity index is 3.98. The number of carboxylic acid groups (broad SMARTS) is 1. The Morgan fingerprint density at radius 1 is 1.39 bits per heavy atom. The van der Waals surface area contributed by atoms with Gasteiger partial charge in [-0.05, 0) is 24.3 Å². The first kappa shape index (κ1) is 17.1. The molecule has 5 nitrogen and oxygen atoms in total. The molecular formula is C12H24N2O3S. The van der Waals surface area contributed by atoms with Gasteiger partial charge in [0.1, 0.15) is 6.04 Å². The molecule has 0 aromatic rings. The molecule has 0 aliphatic rings. The molecule has 0 aromatic heterocycles. The summed E-state index contributed by atoms with van der Waals surface area (Å²) in [6.07, 6.45) is 4.19. The van der Waals surface area contributed by atoms with Crippen LogP contribution in [0, 0.1) is 5.92 Å². The number of unbranched alkanes of at least 4 members (excludes halogenated alkanes) is 1. The number of aliphatic carboxylic acids is 1. The molecule has 0 heterocycles. The molecule has 3 N–H and O–H groups in total. The van der Waals surface area contributed by atoms with Gasteiger partial charge >= 0.3 is 12.0 Å². The zero-order valence-corrected chi connectivity index (χ0v) is 12.2. The van der Waals surface area contributed by atoms with Crippen molar-refractivity contribution in [3.63, 3.8) is 0 Å². The zero-order valence-electron chi connectivity index (χ0n) is 11.4. The van der Waals surface area contributed by atoms with Crippen LogP contribution in [-0.2, 0) is 4.79 Å². The molecule has 0 spiro atoms. The van der Waals surface area contributed by atoms with Gasteiger partial charge in [-0.3, -0.25) is 0 Å². The standard InChI is InChI=1S/C12H24N2O3S/c1-4-5-6-10(11(15)16)14-12(17)13-7-9(2)8-18-3/h9-10H,4-8H2,1-3H3,(H,15,16)(H2,13,14,17). The number of carbonyl (C=O) groups is 2. The van der Waals surface area contributed by atoms with Crippen molar-refractivity contribution in [2.45, 2.75) is 39.2 Å². The molecule has 2 amide bonds. The Morgan fingerprint density at radius 2 is 2.06 bits per heavy atom. The minimum absolute atomic E-state index is 0.379. The van der Waals surface area contributed by atoms with Crippen molar-refractivity contribution in [3.8, 4) is 0 Å². The molecular weight excluding hydrogens is 252 g/mol. The number of hydrogen-bond acceptors (Lipinski definition) is 3. The predicted molar refractivity (Wildman–Crippen MR) is 75.0 cm³/mol. The summed E-state index contributed by atoms with van der Waals surface area (Å²) in [5, 5.41) is 14.2. The summed E-state index contributed by atoms with van der Waals surface area (Å²) in [4.78, 5) is 22.5. The fourth-order valence-electron chi connectivity index (χ4n) is 1.49. The van der Waals surface area contributed by atoms with Crippen LogP contribution >= 0.6 is 11.8 Å². The summed E-state index contributed by atoms with van der Waals surface area (Å²) in [7, 11) is 0. The molecule has 0 aliphatic heterocycles. The molecule has 18 heavy (non-hydrogen) atoms. The molecule has 6 heteroatoms. The highest BCUT2D eigenvalue weighted by atomic mass is 32.2. The van der Waals surface area contributed by atoms with E-state index in [0.717, 1.165) is 18.6 Å². The zero-order chi connectivity index (χ0) is 14.0. The molecule has 0 radical (unpaired) electrons. The second kappa shape index (κ2) is 10.1. The first-order valence-corrected chi connectivity index (χ1v) is 7.66. The lowest BCUT2D eigenvalue weighted by atomic mass is 10.1. The highest BCUT2D eigenvalue weighted by molar-refractivity contribution is 7.98. The van der Waals surface area contributed by atoms with Crippen molar-refractivity contribution < 1.29 is 14.7 Å². The van der Waals surface area contributed by atoms with Crippen molar-refractivity contribution in [1.82, 2.24) is 10.6 Å². The fraction of sp³-hybridized carbons (Fsp3) is 0.833. The van der Waals surface area contributed by atoms with Crippen LogP contribution in [0.1, 0.15) is 33.1 Å². The van der Waals surface area contributed by atoms with Crippen LogP contribution in [-0.4, -0.2) is 41.7 Å². The van der Waals surface area contributed by atoms with Gasteiger partial charge in [0.05, 0.1) is 0 Å². The minimum Gasteiger partial charge on any atom is -0.480 e. The first-order valence-electron chi connectivity index (χ1n) is 6.27. The lowest BCUT2D eigenvalue weighted by Gasteiger charge is -2.16. The summed E-state index contributed by atoms with van der Waals surface area (Å²) >= 11 is 1.73. The van der Waals surface area contributed by atoms with Crippen LogP contribution in [0.4, 0.5) is 4.79 Å². The van der Waals surface area contributed by atoms with E-state index in [1.54, 1.807) is 11.8 Å². The molecule has 0 rings (SSSR count). The molecule has 0 aliphatic carbocycles. The number of nitrogens with one attached hydrogen (secondary N) is 2. The summed E-state index contributed by atoms with van der Waals surface area (Å²) in [5.41, 5.74) is 0. The van der Waals surface area contributed by atoms with E-state index >= 15 is 0 Å². The van der Waals surface area contributed by atoms with Crippen molar-refractivity contribution in [1.29, 1.82) is 0 Å². The summed E-state index contributed by atoms with van der Waals surface area (Å²) < 4.78 is 0. The van der Waals surface area contributed by atoms with Gasteiger partial charge in [0.2, 0.25) is 0 Å². The third kappa shape index (κ3) is 8.22. The van der Waals surface area contributed by atoms with Crippen molar-refractivity contribution >= 4 is 23.8 Å². The Hall–Kier alpha value is -0.910. The highest BCUT2D eigenvalue weighted by Gasteiger charge is 2.19. The smallest absolute Gasteiger partial charge is 0.326 e. The number of hydrogen-bond donors (Lipinski definition) is 3. The van der Waals surface area contributed by atoms with E-state index in [1.807, 2.05) is 20.1 Å². The predicted octanol–water partition coefficient (Wildman–Crippen LogP) is 1.93. The Labute approximate surface area is 113 Å². The van der Waals surface area contributed by atoms with Gasteiger partial charge < -0.3 is 15.7 Å². The SMILES string of the molecule is CCCCC(NC(=O)NCC(C)CSC)C(=O)O. The van der Waals surface area contributed by atoms with Gasteiger partial charge in [-0.15, -0.1) is 0 Å². The average molecular weight is 276 g/mol. The maximum absolute atomic E-state index is 11.5. The number of rotatable bonds is 9. The van der Waals surface area contributed by atoms with Crippen molar-refractivity contribution in [3.05, 3.63) is 0 Å². The second-order valence-corrected chi connectivity index (χ2v) is 5.36. The average Bonchev–Trinajstić information content (AvgIpc) is 2.32. The van der Waals surface area contributed by atoms with Gasteiger partial charge in [0, 0.05) is 6.54 Å². The Bertz CT molecular complexity index is 262. The molecule has 0 aromatic carbocycles. The number of thioether (sulfide) groups is 1.